The molecule has 8 rings (SSSR count). The van der Waals surface area contributed by atoms with Crippen molar-refractivity contribution in [3.63, 3.8) is 0 Å². The largest absolute Gasteiger partial charge is 0.493 e. The molecule has 0 spiro atoms. The van der Waals surface area contributed by atoms with E-state index in [1.807, 2.05) is 152 Å². The van der Waals surface area contributed by atoms with Crippen molar-refractivity contribution in [3.8, 4) is 5.75 Å². The van der Waals surface area contributed by atoms with Gasteiger partial charge in [-0.05, 0) is 34.9 Å². The lowest BCUT2D eigenvalue weighted by atomic mass is 9.97. The third-order valence-electron chi connectivity index (χ3n) is 9.81. The molecule has 0 bridgehead atoms. The summed E-state index contributed by atoms with van der Waals surface area (Å²) in [5.74, 6) is -0.151. The van der Waals surface area contributed by atoms with E-state index in [-0.39, 0.29) is 26.4 Å². The van der Waals surface area contributed by atoms with Gasteiger partial charge in [0.15, 0.2) is 24.6 Å². The molecule has 56 heavy (non-hydrogen) atoms. The number of hydrogen-bond acceptors (Lipinski definition) is 10. The highest BCUT2D eigenvalue weighted by atomic mass is 16.7. The molecule has 0 radical (unpaired) electrons. The lowest BCUT2D eigenvalue weighted by Crippen LogP contribution is -2.64. The van der Waals surface area contributed by atoms with E-state index in [9.17, 15) is 4.79 Å². The van der Waals surface area contributed by atoms with E-state index >= 15 is 0 Å². The second-order valence-electron chi connectivity index (χ2n) is 13.7. The summed E-state index contributed by atoms with van der Waals surface area (Å²) >= 11 is 0. The number of carbonyl (C=O) groups excluding carboxylic acids is 1. The molecule has 0 aromatic heterocycles. The molecule has 2 saturated heterocycles. The first-order chi connectivity index (χ1) is 27.7. The van der Waals surface area contributed by atoms with E-state index in [0.29, 0.717) is 5.75 Å². The average molecular weight is 757 g/mol. The molecule has 3 aliphatic rings. The third kappa shape index (κ3) is 9.37. The molecule has 5 aromatic carbocycles. The smallest absolute Gasteiger partial charge is 0.338 e. The van der Waals surface area contributed by atoms with E-state index in [1.165, 1.54) is 6.26 Å². The molecule has 2 fully saturated rings. The Morgan fingerprint density at radius 1 is 0.589 bits per heavy atom. The molecule has 0 amide bonds. The number of rotatable bonds is 14. The molecule has 3 aliphatic heterocycles. The van der Waals surface area contributed by atoms with Crippen molar-refractivity contribution in [1.82, 2.24) is 0 Å². The number of hydrogen-bond donors (Lipinski definition) is 0. The molecule has 0 N–H and O–H groups in total. The Morgan fingerprint density at radius 2 is 1.11 bits per heavy atom. The summed E-state index contributed by atoms with van der Waals surface area (Å²) in [6, 6.07) is 48.2. The molecular formula is C46H44O10. The van der Waals surface area contributed by atoms with Crippen LogP contribution in [0.15, 0.2) is 164 Å². The van der Waals surface area contributed by atoms with Crippen molar-refractivity contribution in [2.24, 2.45) is 0 Å². The Balaban J connectivity index is 1.12. The Morgan fingerprint density at radius 3 is 1.70 bits per heavy atom. The second kappa shape index (κ2) is 18.5. The van der Waals surface area contributed by atoms with Crippen LogP contribution < -0.4 is 4.74 Å². The van der Waals surface area contributed by atoms with Crippen LogP contribution in [0.1, 0.15) is 28.5 Å². The van der Waals surface area contributed by atoms with Crippen LogP contribution in [0.4, 0.5) is 0 Å². The van der Waals surface area contributed by atoms with E-state index in [1.54, 1.807) is 6.08 Å². The molecule has 288 valence electrons. The molecule has 10 heteroatoms. The minimum Gasteiger partial charge on any atom is -0.493 e. The molecule has 3 heterocycles. The number of esters is 1. The van der Waals surface area contributed by atoms with Gasteiger partial charge in [0, 0.05) is 5.56 Å². The second-order valence-corrected chi connectivity index (χ2v) is 13.7. The summed E-state index contributed by atoms with van der Waals surface area (Å²) < 4.78 is 57.8. The fourth-order valence-corrected chi connectivity index (χ4v) is 6.95. The van der Waals surface area contributed by atoms with Crippen LogP contribution >= 0.6 is 0 Å². The van der Waals surface area contributed by atoms with Crippen molar-refractivity contribution < 1.29 is 47.4 Å². The molecule has 5 aromatic rings. The van der Waals surface area contributed by atoms with E-state index in [2.05, 4.69) is 0 Å². The zero-order valence-electron chi connectivity index (χ0n) is 30.7. The molecule has 0 saturated carbocycles. The fraction of sp³-hybridized carbons (Fsp3) is 0.283. The summed E-state index contributed by atoms with van der Waals surface area (Å²) in [4.78, 5) is 14.7. The van der Waals surface area contributed by atoms with Gasteiger partial charge in [0.05, 0.1) is 32.7 Å². The summed E-state index contributed by atoms with van der Waals surface area (Å²) in [6.07, 6.45) is -4.55. The number of para-hydroxylation sites is 1. The topological polar surface area (TPSA) is 100 Å². The summed E-state index contributed by atoms with van der Waals surface area (Å²) in [6.45, 7) is 0.852. The number of benzene rings is 5. The molecular weight excluding hydrogens is 712 g/mol. The van der Waals surface area contributed by atoms with Crippen molar-refractivity contribution in [2.75, 3.05) is 6.61 Å². The highest BCUT2D eigenvalue weighted by Crippen LogP contribution is 2.35. The Bertz CT molecular complexity index is 1960. The number of ether oxygens (including phenoxy) is 9. The first kappa shape index (κ1) is 37.6. The van der Waals surface area contributed by atoms with Gasteiger partial charge in [0.25, 0.3) is 0 Å². The monoisotopic (exact) mass is 756 g/mol. The van der Waals surface area contributed by atoms with Gasteiger partial charge in [-0.1, -0.05) is 140 Å². The lowest BCUT2D eigenvalue weighted by molar-refractivity contribution is -0.306. The lowest BCUT2D eigenvalue weighted by Gasteiger charge is -2.45. The highest BCUT2D eigenvalue weighted by molar-refractivity contribution is 5.76. The molecule has 0 aliphatic carbocycles. The first-order valence-corrected chi connectivity index (χ1v) is 18.9. The fourth-order valence-electron chi connectivity index (χ4n) is 6.95. The Hall–Kier alpha value is -5.33. The van der Waals surface area contributed by atoms with Crippen LogP contribution in [0.2, 0.25) is 0 Å². The Kier molecular flexibility index (Phi) is 12.4. The molecule has 10 nitrogen and oxygen atoms in total. The molecule has 9 atom stereocenters. The summed E-state index contributed by atoms with van der Waals surface area (Å²) in [5.41, 5.74) is 3.63. The van der Waals surface area contributed by atoms with Gasteiger partial charge >= 0.3 is 5.97 Å². The van der Waals surface area contributed by atoms with Crippen LogP contribution in [0.3, 0.4) is 0 Å². The van der Waals surface area contributed by atoms with Crippen LogP contribution in [-0.2, 0) is 62.5 Å². The summed E-state index contributed by atoms with van der Waals surface area (Å²) in [5, 5.41) is 0. The average Bonchev–Trinajstić information content (AvgIpc) is 3.26. The Labute approximate surface area is 326 Å². The van der Waals surface area contributed by atoms with Crippen molar-refractivity contribution in [1.29, 1.82) is 0 Å². The zero-order chi connectivity index (χ0) is 37.9. The van der Waals surface area contributed by atoms with Crippen molar-refractivity contribution >= 4 is 5.97 Å². The normalized spacial score (nSPS) is 27.0. The van der Waals surface area contributed by atoms with Crippen LogP contribution in [0, 0.1) is 0 Å². The highest BCUT2D eigenvalue weighted by Gasteiger charge is 2.54. The van der Waals surface area contributed by atoms with Crippen molar-refractivity contribution in [2.45, 2.75) is 75.1 Å². The SMILES string of the molecule is O=C(O[C@H]1C=CO[C@@H]2CO[C@@H](c3ccccc3)O[C@@H]12)[C@H]1O[C@H](Oc2ccccc2)[C@@H](OCc2ccccc2)[C@@H](OCc2ccccc2)[C@@H]1OCc1ccccc1. The summed E-state index contributed by atoms with van der Waals surface area (Å²) in [7, 11) is 0. The number of fused-ring (bicyclic) bond motifs is 1. The third-order valence-corrected chi connectivity index (χ3v) is 9.81. The minimum absolute atomic E-state index is 0.167. The quantitative estimate of drug-likeness (QED) is 0.106. The van der Waals surface area contributed by atoms with Crippen molar-refractivity contribution in [3.05, 3.63) is 186 Å². The predicted molar refractivity (Wildman–Crippen MR) is 205 cm³/mol. The van der Waals surface area contributed by atoms with Gasteiger partial charge in [0.2, 0.25) is 6.29 Å². The van der Waals surface area contributed by atoms with Gasteiger partial charge in [-0.25, -0.2) is 4.79 Å². The van der Waals surface area contributed by atoms with Gasteiger partial charge < -0.3 is 42.6 Å². The van der Waals surface area contributed by atoms with Gasteiger partial charge in [-0.2, -0.15) is 0 Å². The van der Waals surface area contributed by atoms with Gasteiger partial charge in [0.1, 0.15) is 30.2 Å². The van der Waals surface area contributed by atoms with Crippen LogP contribution in [0.5, 0.6) is 5.75 Å². The maximum Gasteiger partial charge on any atom is 0.338 e. The number of carbonyl (C=O) groups is 1. The first-order valence-electron chi connectivity index (χ1n) is 18.9. The van der Waals surface area contributed by atoms with Gasteiger partial charge in [-0.3, -0.25) is 0 Å². The minimum atomic E-state index is -1.30. The van der Waals surface area contributed by atoms with Gasteiger partial charge in [-0.15, -0.1) is 0 Å². The standard InChI is InChI=1S/C46H44O10/c47-44(54-37-26-27-48-38-31-52-45(55-39(37)38)35-22-12-4-13-23-35)42-40(49-28-32-16-6-1-7-17-32)41(50-29-33-18-8-2-9-19-33)43(51-30-34-20-10-3-11-21-34)46(56-42)53-36-24-14-5-15-25-36/h1-27,37-43,45-46H,28-31H2/t37-,38+,39-,40-,41-,42-,43-,45+,46-/m0/s1. The molecule has 0 unspecified atom stereocenters. The maximum absolute atomic E-state index is 14.7. The van der Waals surface area contributed by atoms with E-state index in [0.717, 1.165) is 22.3 Å². The van der Waals surface area contributed by atoms with E-state index in [4.69, 9.17) is 42.6 Å². The van der Waals surface area contributed by atoms with Crippen LogP contribution in [0.25, 0.3) is 0 Å². The maximum atomic E-state index is 14.7. The van der Waals surface area contributed by atoms with E-state index < -0.39 is 61.3 Å². The zero-order valence-corrected chi connectivity index (χ0v) is 30.7. The predicted octanol–water partition coefficient (Wildman–Crippen LogP) is 7.49. The van der Waals surface area contributed by atoms with Crippen LogP contribution in [-0.4, -0.2) is 61.6 Å².